The zero-order chi connectivity index (χ0) is 24.7. The van der Waals surface area contributed by atoms with Gasteiger partial charge in [0.2, 0.25) is 15.9 Å². The molecule has 9 nitrogen and oxygen atoms in total. The SMILES string of the molecule is CCOC(=O)N1CCN(C(=O)[C@H](Cc2ccccc2)NS(=O)(=O)c2ccc(OC)c(C)c2)CC1. The van der Waals surface area contributed by atoms with Gasteiger partial charge in [-0.1, -0.05) is 30.3 Å². The van der Waals surface area contributed by atoms with Gasteiger partial charge in [-0.2, -0.15) is 4.72 Å². The molecule has 0 aliphatic carbocycles. The van der Waals surface area contributed by atoms with E-state index in [9.17, 15) is 18.0 Å². The van der Waals surface area contributed by atoms with Crippen LogP contribution in [-0.4, -0.2) is 76.2 Å². The van der Waals surface area contributed by atoms with Crippen molar-refractivity contribution in [3.05, 3.63) is 59.7 Å². The highest BCUT2D eigenvalue weighted by Gasteiger charge is 2.32. The number of rotatable bonds is 8. The van der Waals surface area contributed by atoms with Crippen molar-refractivity contribution >= 4 is 22.0 Å². The highest BCUT2D eigenvalue weighted by Crippen LogP contribution is 2.22. The first-order valence-electron chi connectivity index (χ1n) is 11.2. The number of hydrogen-bond acceptors (Lipinski definition) is 6. The molecular formula is C24H31N3O6S. The summed E-state index contributed by atoms with van der Waals surface area (Å²) >= 11 is 0. The van der Waals surface area contributed by atoms with Gasteiger partial charge in [0.15, 0.2) is 0 Å². The molecule has 2 aromatic carbocycles. The van der Waals surface area contributed by atoms with E-state index >= 15 is 0 Å². The van der Waals surface area contributed by atoms with Crippen LogP contribution in [0, 0.1) is 6.92 Å². The number of methoxy groups -OCH3 is 1. The molecule has 184 valence electrons. The molecule has 1 heterocycles. The van der Waals surface area contributed by atoms with Gasteiger partial charge >= 0.3 is 6.09 Å². The number of carbonyl (C=O) groups is 2. The van der Waals surface area contributed by atoms with Crippen LogP contribution >= 0.6 is 0 Å². The lowest BCUT2D eigenvalue weighted by Crippen LogP contribution is -2.56. The van der Waals surface area contributed by atoms with E-state index in [1.54, 1.807) is 29.7 Å². The molecule has 3 rings (SSSR count). The molecule has 1 fully saturated rings. The highest BCUT2D eigenvalue weighted by atomic mass is 32.2. The number of ether oxygens (including phenoxy) is 2. The summed E-state index contributed by atoms with van der Waals surface area (Å²) in [4.78, 5) is 28.6. The maximum absolute atomic E-state index is 13.4. The monoisotopic (exact) mass is 489 g/mol. The maximum Gasteiger partial charge on any atom is 0.409 e. The fourth-order valence-corrected chi connectivity index (χ4v) is 5.12. The minimum Gasteiger partial charge on any atom is -0.496 e. The number of hydrogen-bond donors (Lipinski definition) is 1. The number of carbonyl (C=O) groups excluding carboxylic acids is 2. The Kier molecular flexibility index (Phi) is 8.51. The first kappa shape index (κ1) is 25.5. The predicted octanol–water partition coefficient (Wildman–Crippen LogP) is 2.19. The summed E-state index contributed by atoms with van der Waals surface area (Å²) in [5.74, 6) is 0.247. The molecule has 0 unspecified atom stereocenters. The van der Waals surface area contributed by atoms with Crippen molar-refractivity contribution in [1.29, 1.82) is 0 Å². The van der Waals surface area contributed by atoms with Crippen LogP contribution in [0.1, 0.15) is 18.1 Å². The van der Waals surface area contributed by atoms with Crippen molar-refractivity contribution in [2.24, 2.45) is 0 Å². The zero-order valence-corrected chi connectivity index (χ0v) is 20.5. The van der Waals surface area contributed by atoms with E-state index in [0.717, 1.165) is 5.56 Å². The van der Waals surface area contributed by atoms with Crippen LogP contribution in [0.2, 0.25) is 0 Å². The van der Waals surface area contributed by atoms with Gasteiger partial charge in [0.1, 0.15) is 11.8 Å². The standard InChI is InChI=1S/C24H31N3O6S/c1-4-33-24(29)27-14-12-26(13-15-27)23(28)21(17-19-8-6-5-7-9-19)25-34(30,31)20-10-11-22(32-3)18(2)16-20/h5-11,16,21,25H,4,12-15,17H2,1-3H3/t21-/m0/s1. The van der Waals surface area contributed by atoms with E-state index in [-0.39, 0.29) is 23.8 Å². The average molecular weight is 490 g/mol. The van der Waals surface area contributed by atoms with Crippen LogP contribution < -0.4 is 9.46 Å². The van der Waals surface area contributed by atoms with Gasteiger partial charge in [0.05, 0.1) is 18.6 Å². The Morgan fingerprint density at radius 1 is 1.03 bits per heavy atom. The minimum atomic E-state index is -3.98. The van der Waals surface area contributed by atoms with Crippen LogP contribution in [-0.2, 0) is 26.0 Å². The van der Waals surface area contributed by atoms with E-state index in [1.165, 1.54) is 19.2 Å². The van der Waals surface area contributed by atoms with Gasteiger partial charge in [-0.05, 0) is 49.6 Å². The largest absolute Gasteiger partial charge is 0.496 e. The molecule has 1 atom stereocenters. The van der Waals surface area contributed by atoms with Crippen LogP contribution in [0.3, 0.4) is 0 Å². The number of aryl methyl sites for hydroxylation is 1. The quantitative estimate of drug-likeness (QED) is 0.610. The van der Waals surface area contributed by atoms with Gasteiger partial charge in [0, 0.05) is 26.2 Å². The van der Waals surface area contributed by atoms with Crippen LogP contribution in [0.5, 0.6) is 5.75 Å². The summed E-state index contributed by atoms with van der Waals surface area (Å²) in [6.07, 6.45) is -0.211. The predicted molar refractivity (Wildman–Crippen MR) is 127 cm³/mol. The van der Waals surface area contributed by atoms with Gasteiger partial charge in [0.25, 0.3) is 0 Å². The van der Waals surface area contributed by atoms with E-state index in [2.05, 4.69) is 4.72 Å². The molecule has 0 bridgehead atoms. The number of piperazine rings is 1. The third kappa shape index (κ3) is 6.27. The second kappa shape index (κ2) is 11.3. The summed E-state index contributed by atoms with van der Waals surface area (Å²) in [6.45, 7) is 5.03. The molecule has 1 saturated heterocycles. The fourth-order valence-electron chi connectivity index (χ4n) is 3.85. The minimum absolute atomic E-state index is 0.0591. The second-order valence-electron chi connectivity index (χ2n) is 8.01. The molecule has 1 N–H and O–H groups in total. The van der Waals surface area contributed by atoms with Gasteiger partial charge < -0.3 is 19.3 Å². The topological polar surface area (TPSA) is 105 Å². The molecule has 2 amide bonds. The van der Waals surface area contributed by atoms with Crippen LogP contribution in [0.25, 0.3) is 0 Å². The van der Waals surface area contributed by atoms with Crippen molar-refractivity contribution in [2.75, 3.05) is 39.9 Å². The molecule has 2 aromatic rings. The lowest BCUT2D eigenvalue weighted by molar-refractivity contribution is -0.134. The molecule has 10 heteroatoms. The second-order valence-corrected chi connectivity index (χ2v) is 9.72. The molecule has 1 aliphatic rings. The zero-order valence-electron chi connectivity index (χ0n) is 19.7. The Balaban J connectivity index is 1.79. The number of benzene rings is 2. The van der Waals surface area contributed by atoms with Crippen LogP contribution in [0.15, 0.2) is 53.4 Å². The Bertz CT molecular complexity index is 1100. The van der Waals surface area contributed by atoms with Crippen molar-refractivity contribution in [1.82, 2.24) is 14.5 Å². The molecular weight excluding hydrogens is 458 g/mol. The third-order valence-electron chi connectivity index (χ3n) is 5.67. The molecule has 0 spiro atoms. The first-order chi connectivity index (χ1) is 16.2. The van der Waals surface area contributed by atoms with Crippen LogP contribution in [0.4, 0.5) is 4.79 Å². The highest BCUT2D eigenvalue weighted by molar-refractivity contribution is 7.89. The number of amides is 2. The van der Waals surface area contributed by atoms with Crippen molar-refractivity contribution < 1.29 is 27.5 Å². The molecule has 0 saturated carbocycles. The Hall–Kier alpha value is -3.11. The average Bonchev–Trinajstić information content (AvgIpc) is 2.84. The first-order valence-corrected chi connectivity index (χ1v) is 12.6. The summed E-state index contributed by atoms with van der Waals surface area (Å²) < 4.78 is 39.2. The normalized spacial score (nSPS) is 15.0. The summed E-state index contributed by atoms with van der Waals surface area (Å²) in [5.41, 5.74) is 1.51. The molecule has 34 heavy (non-hydrogen) atoms. The van der Waals surface area contributed by atoms with E-state index in [0.29, 0.717) is 37.5 Å². The van der Waals surface area contributed by atoms with E-state index in [1.807, 2.05) is 30.3 Å². The van der Waals surface area contributed by atoms with Crippen molar-refractivity contribution in [3.63, 3.8) is 0 Å². The van der Waals surface area contributed by atoms with Gasteiger partial charge in [-0.25, -0.2) is 13.2 Å². The summed E-state index contributed by atoms with van der Waals surface area (Å²) in [5, 5.41) is 0. The smallest absolute Gasteiger partial charge is 0.409 e. The third-order valence-corrected chi connectivity index (χ3v) is 7.14. The van der Waals surface area contributed by atoms with Gasteiger partial charge in [-0.15, -0.1) is 0 Å². The number of nitrogens with one attached hydrogen (secondary N) is 1. The molecule has 1 aliphatic heterocycles. The lowest BCUT2D eigenvalue weighted by Gasteiger charge is -2.36. The Labute approximate surface area is 200 Å². The lowest BCUT2D eigenvalue weighted by atomic mass is 10.1. The van der Waals surface area contributed by atoms with Gasteiger partial charge in [-0.3, -0.25) is 4.79 Å². The van der Waals surface area contributed by atoms with E-state index in [4.69, 9.17) is 9.47 Å². The molecule has 0 radical (unpaired) electrons. The van der Waals surface area contributed by atoms with Crippen molar-refractivity contribution in [2.45, 2.75) is 31.2 Å². The van der Waals surface area contributed by atoms with Crippen molar-refractivity contribution in [3.8, 4) is 5.75 Å². The Morgan fingerprint density at radius 3 is 2.26 bits per heavy atom. The summed E-state index contributed by atoms with van der Waals surface area (Å²) in [6, 6.07) is 12.8. The maximum atomic E-state index is 13.4. The van der Waals surface area contributed by atoms with E-state index < -0.39 is 22.2 Å². The summed E-state index contributed by atoms with van der Waals surface area (Å²) in [7, 11) is -2.46. The fraction of sp³-hybridized carbons (Fsp3) is 0.417. The number of nitrogens with zero attached hydrogens (tertiary/aromatic N) is 2. The molecule has 0 aromatic heterocycles. The Morgan fingerprint density at radius 2 is 1.68 bits per heavy atom. The number of sulfonamides is 1.